The summed E-state index contributed by atoms with van der Waals surface area (Å²) >= 11 is 0. The Bertz CT molecular complexity index is 604. The van der Waals surface area contributed by atoms with Gasteiger partial charge in [0.25, 0.3) is 0 Å². The first-order chi connectivity index (χ1) is 9.96. The van der Waals surface area contributed by atoms with Crippen LogP contribution in [0.15, 0.2) is 18.2 Å². The quantitative estimate of drug-likeness (QED) is 0.799. The van der Waals surface area contributed by atoms with Crippen molar-refractivity contribution in [3.05, 3.63) is 24.0 Å². The Morgan fingerprint density at radius 1 is 1.29 bits per heavy atom. The van der Waals surface area contributed by atoms with Gasteiger partial charge in [-0.25, -0.2) is 4.98 Å². The van der Waals surface area contributed by atoms with Crippen molar-refractivity contribution in [3.63, 3.8) is 0 Å². The third kappa shape index (κ3) is 2.91. The molecule has 1 aromatic heterocycles. The summed E-state index contributed by atoms with van der Waals surface area (Å²) in [6, 6.07) is 5.89. The first-order valence-electron chi connectivity index (χ1n) is 7.83. The highest BCUT2D eigenvalue weighted by atomic mass is 16.3. The SMILES string of the molecule is CCC(CC)(CO)Cn1c(C(C)C)nc2cc(N)ccc21. The predicted octanol–water partition coefficient (Wildman–Crippen LogP) is 3.54. The molecule has 0 radical (unpaired) electrons. The molecule has 3 N–H and O–H groups in total. The molecule has 2 aromatic rings. The smallest absolute Gasteiger partial charge is 0.112 e. The number of hydrogen-bond donors (Lipinski definition) is 2. The Morgan fingerprint density at radius 3 is 2.48 bits per heavy atom. The maximum atomic E-state index is 9.87. The number of benzene rings is 1. The van der Waals surface area contributed by atoms with Crippen molar-refractivity contribution in [2.75, 3.05) is 12.3 Å². The second kappa shape index (κ2) is 6.06. The summed E-state index contributed by atoms with van der Waals surface area (Å²) in [5.41, 5.74) is 8.58. The van der Waals surface area contributed by atoms with Gasteiger partial charge in [-0.2, -0.15) is 0 Å². The van der Waals surface area contributed by atoms with E-state index in [4.69, 9.17) is 10.7 Å². The molecule has 1 aromatic carbocycles. The molecule has 2 rings (SSSR count). The Kier molecular flexibility index (Phi) is 4.57. The van der Waals surface area contributed by atoms with Crippen LogP contribution < -0.4 is 5.73 Å². The number of anilines is 1. The molecule has 0 spiro atoms. The van der Waals surface area contributed by atoms with Gasteiger partial charge < -0.3 is 15.4 Å². The minimum absolute atomic E-state index is 0.0847. The highest BCUT2D eigenvalue weighted by Gasteiger charge is 2.28. The lowest BCUT2D eigenvalue weighted by molar-refractivity contribution is 0.0959. The normalized spacial score (nSPS) is 12.5. The van der Waals surface area contributed by atoms with E-state index in [1.807, 2.05) is 18.2 Å². The van der Waals surface area contributed by atoms with Crippen LogP contribution in [0.4, 0.5) is 5.69 Å². The lowest BCUT2D eigenvalue weighted by Crippen LogP contribution is -2.30. The van der Waals surface area contributed by atoms with Crippen LogP contribution in [0.1, 0.15) is 52.3 Å². The zero-order valence-electron chi connectivity index (χ0n) is 13.6. The fourth-order valence-corrected chi connectivity index (χ4v) is 2.86. The van der Waals surface area contributed by atoms with Crippen molar-refractivity contribution < 1.29 is 5.11 Å². The number of hydrogen-bond acceptors (Lipinski definition) is 3. The Balaban J connectivity index is 2.57. The molecule has 4 heteroatoms. The van der Waals surface area contributed by atoms with Gasteiger partial charge in [0.2, 0.25) is 0 Å². The van der Waals surface area contributed by atoms with Crippen LogP contribution in [-0.2, 0) is 6.54 Å². The number of nitrogens with zero attached hydrogens (tertiary/aromatic N) is 2. The number of nitrogen functional groups attached to an aromatic ring is 1. The second-order valence-electron chi connectivity index (χ2n) is 6.32. The van der Waals surface area contributed by atoms with E-state index in [2.05, 4.69) is 32.3 Å². The number of aliphatic hydroxyl groups excluding tert-OH is 1. The Labute approximate surface area is 127 Å². The summed E-state index contributed by atoms with van der Waals surface area (Å²) in [4.78, 5) is 4.76. The zero-order chi connectivity index (χ0) is 15.6. The summed E-state index contributed by atoms with van der Waals surface area (Å²) in [7, 11) is 0. The van der Waals surface area contributed by atoms with Crippen LogP contribution in [0.2, 0.25) is 0 Å². The molecular formula is C17H27N3O. The largest absolute Gasteiger partial charge is 0.399 e. The van der Waals surface area contributed by atoms with Crippen molar-refractivity contribution in [1.82, 2.24) is 9.55 Å². The van der Waals surface area contributed by atoms with Gasteiger partial charge in [-0.1, -0.05) is 27.7 Å². The van der Waals surface area contributed by atoms with Crippen LogP contribution in [0, 0.1) is 5.41 Å². The van der Waals surface area contributed by atoms with E-state index in [9.17, 15) is 5.11 Å². The van der Waals surface area contributed by atoms with Crippen LogP contribution in [0.5, 0.6) is 0 Å². The third-order valence-corrected chi connectivity index (χ3v) is 4.65. The van der Waals surface area contributed by atoms with E-state index in [1.54, 1.807) is 0 Å². The number of aliphatic hydroxyl groups is 1. The third-order valence-electron chi connectivity index (χ3n) is 4.65. The molecule has 0 saturated carbocycles. The standard InChI is InChI=1S/C17H27N3O/c1-5-17(6-2,11-21)10-20-15-8-7-13(18)9-14(15)19-16(20)12(3)4/h7-9,12,21H,5-6,10-11,18H2,1-4H3. The van der Waals surface area contributed by atoms with E-state index in [-0.39, 0.29) is 12.0 Å². The molecule has 0 saturated heterocycles. The van der Waals surface area contributed by atoms with Gasteiger partial charge in [-0.3, -0.25) is 0 Å². The number of nitrogens with two attached hydrogens (primary N) is 1. The highest BCUT2D eigenvalue weighted by Crippen LogP contribution is 2.32. The minimum Gasteiger partial charge on any atom is -0.399 e. The summed E-state index contributed by atoms with van der Waals surface area (Å²) in [5, 5.41) is 9.87. The minimum atomic E-state index is -0.0847. The average molecular weight is 289 g/mol. The van der Waals surface area contributed by atoms with E-state index in [0.717, 1.165) is 41.9 Å². The maximum Gasteiger partial charge on any atom is 0.112 e. The van der Waals surface area contributed by atoms with Gasteiger partial charge in [0.05, 0.1) is 17.6 Å². The van der Waals surface area contributed by atoms with Gasteiger partial charge in [-0.15, -0.1) is 0 Å². The Morgan fingerprint density at radius 2 is 1.95 bits per heavy atom. The lowest BCUT2D eigenvalue weighted by Gasteiger charge is -2.31. The molecule has 4 nitrogen and oxygen atoms in total. The molecule has 1 heterocycles. The van der Waals surface area contributed by atoms with Crippen molar-refractivity contribution in [2.45, 2.75) is 53.0 Å². The fourth-order valence-electron chi connectivity index (χ4n) is 2.86. The maximum absolute atomic E-state index is 9.87. The molecule has 116 valence electrons. The number of fused-ring (bicyclic) bond motifs is 1. The number of imidazole rings is 1. The van der Waals surface area contributed by atoms with Gasteiger partial charge in [0.15, 0.2) is 0 Å². The summed E-state index contributed by atoms with van der Waals surface area (Å²) in [6.45, 7) is 9.59. The van der Waals surface area contributed by atoms with Gasteiger partial charge in [0.1, 0.15) is 5.82 Å². The molecule has 0 aliphatic carbocycles. The summed E-state index contributed by atoms with van der Waals surface area (Å²) in [6.07, 6.45) is 1.90. The highest BCUT2D eigenvalue weighted by molar-refractivity contribution is 5.79. The second-order valence-corrected chi connectivity index (χ2v) is 6.32. The molecule has 0 unspecified atom stereocenters. The summed E-state index contributed by atoms with van der Waals surface area (Å²) in [5.74, 6) is 1.40. The van der Waals surface area contributed by atoms with Crippen molar-refractivity contribution in [2.24, 2.45) is 5.41 Å². The van der Waals surface area contributed by atoms with Gasteiger partial charge in [-0.05, 0) is 31.0 Å². The van der Waals surface area contributed by atoms with E-state index >= 15 is 0 Å². The van der Waals surface area contributed by atoms with Crippen molar-refractivity contribution in [3.8, 4) is 0 Å². The van der Waals surface area contributed by atoms with E-state index < -0.39 is 0 Å². The predicted molar refractivity (Wildman–Crippen MR) is 88.3 cm³/mol. The lowest BCUT2D eigenvalue weighted by atomic mass is 9.83. The zero-order valence-corrected chi connectivity index (χ0v) is 13.6. The van der Waals surface area contributed by atoms with Crippen LogP contribution in [0.3, 0.4) is 0 Å². The number of aromatic nitrogens is 2. The van der Waals surface area contributed by atoms with Crippen LogP contribution in [0.25, 0.3) is 11.0 Å². The molecular weight excluding hydrogens is 262 g/mol. The van der Waals surface area contributed by atoms with Crippen LogP contribution in [-0.4, -0.2) is 21.3 Å². The molecule has 0 atom stereocenters. The van der Waals surface area contributed by atoms with Gasteiger partial charge in [0, 0.05) is 23.6 Å². The van der Waals surface area contributed by atoms with Gasteiger partial charge >= 0.3 is 0 Å². The van der Waals surface area contributed by atoms with Crippen molar-refractivity contribution >= 4 is 16.7 Å². The molecule has 0 bridgehead atoms. The fraction of sp³-hybridized carbons (Fsp3) is 0.588. The molecule has 0 amide bonds. The van der Waals surface area contributed by atoms with E-state index in [1.165, 1.54) is 0 Å². The number of rotatable bonds is 6. The van der Waals surface area contributed by atoms with Crippen LogP contribution >= 0.6 is 0 Å². The van der Waals surface area contributed by atoms with Crippen molar-refractivity contribution in [1.29, 1.82) is 0 Å². The monoisotopic (exact) mass is 289 g/mol. The average Bonchev–Trinajstić information content (AvgIpc) is 2.82. The first-order valence-corrected chi connectivity index (χ1v) is 7.83. The first kappa shape index (κ1) is 15.8. The topological polar surface area (TPSA) is 64.1 Å². The molecule has 0 aliphatic heterocycles. The molecule has 21 heavy (non-hydrogen) atoms. The molecule has 0 aliphatic rings. The summed E-state index contributed by atoms with van der Waals surface area (Å²) < 4.78 is 2.27. The molecule has 0 fully saturated rings. The Hall–Kier alpha value is -1.55. The van der Waals surface area contributed by atoms with E-state index in [0.29, 0.717) is 5.92 Å².